The smallest absolute Gasteiger partial charge is 0.335 e. The fourth-order valence-electron chi connectivity index (χ4n) is 1.80. The van der Waals surface area contributed by atoms with Crippen LogP contribution in [0.1, 0.15) is 27.2 Å². The van der Waals surface area contributed by atoms with Gasteiger partial charge in [-0.25, -0.2) is 17.9 Å². The molecule has 0 aliphatic heterocycles. The summed E-state index contributed by atoms with van der Waals surface area (Å²) in [5.74, 6) is -1.19. The average molecular weight is 310 g/mol. The van der Waals surface area contributed by atoms with E-state index in [1.807, 2.05) is 0 Å². The topological polar surface area (TPSA) is 110 Å². The van der Waals surface area contributed by atoms with Crippen LogP contribution < -0.4 is 4.72 Å². The van der Waals surface area contributed by atoms with Crippen LogP contribution in [0.15, 0.2) is 27.7 Å². The maximum Gasteiger partial charge on any atom is 0.335 e. The lowest BCUT2D eigenvalue weighted by Crippen LogP contribution is -2.16. The minimum atomic E-state index is -3.98. The molecule has 0 atom stereocenters. The number of oxazole rings is 1. The van der Waals surface area contributed by atoms with E-state index in [0.29, 0.717) is 16.8 Å². The molecule has 1 aromatic carbocycles. The largest absolute Gasteiger partial charge is 0.478 e. The Bertz CT molecular complexity index is 808. The van der Waals surface area contributed by atoms with Gasteiger partial charge in [0, 0.05) is 0 Å². The van der Waals surface area contributed by atoms with Crippen molar-refractivity contribution in [3.05, 3.63) is 40.8 Å². The number of hydrogen-bond acceptors (Lipinski definition) is 5. The standard InChI is InChI=1S/C13H14N2O5S/c1-7-4-10(12(16)17)5-11(9(7)3)21(18,19)15-13-14-8(2)6-20-13/h4-6H,1-3H3,(H,14,15)(H,16,17). The highest BCUT2D eigenvalue weighted by Gasteiger charge is 2.22. The summed E-state index contributed by atoms with van der Waals surface area (Å²) in [6.07, 6.45) is 1.31. The van der Waals surface area contributed by atoms with Crippen LogP contribution in [0, 0.1) is 20.8 Å². The van der Waals surface area contributed by atoms with Gasteiger partial charge in [0.25, 0.3) is 10.0 Å². The molecule has 21 heavy (non-hydrogen) atoms. The van der Waals surface area contributed by atoms with Crippen LogP contribution in [0.25, 0.3) is 0 Å². The Morgan fingerprint density at radius 3 is 2.48 bits per heavy atom. The summed E-state index contributed by atoms with van der Waals surface area (Å²) < 4.78 is 31.9. The summed E-state index contributed by atoms with van der Waals surface area (Å²) in [5.41, 5.74) is 1.47. The van der Waals surface area contributed by atoms with Gasteiger partial charge in [0.2, 0.25) is 0 Å². The Labute approximate surface area is 121 Å². The number of carbonyl (C=O) groups is 1. The molecular weight excluding hydrogens is 296 g/mol. The number of carboxylic acids is 1. The number of carboxylic acid groups (broad SMARTS) is 1. The van der Waals surface area contributed by atoms with Crippen LogP contribution in [-0.2, 0) is 10.0 Å². The molecule has 2 rings (SSSR count). The molecule has 1 aromatic heterocycles. The third-order valence-electron chi connectivity index (χ3n) is 3.00. The number of benzene rings is 1. The van der Waals surface area contributed by atoms with Crippen molar-refractivity contribution in [2.45, 2.75) is 25.7 Å². The van der Waals surface area contributed by atoms with E-state index in [4.69, 9.17) is 9.52 Å². The van der Waals surface area contributed by atoms with Gasteiger partial charge in [0.15, 0.2) is 0 Å². The van der Waals surface area contributed by atoms with E-state index >= 15 is 0 Å². The van der Waals surface area contributed by atoms with Crippen LogP contribution >= 0.6 is 0 Å². The second-order valence-corrected chi connectivity index (χ2v) is 6.27. The number of hydrogen-bond donors (Lipinski definition) is 2. The first kappa shape index (κ1) is 15.0. The van der Waals surface area contributed by atoms with Crippen LogP contribution in [0.4, 0.5) is 6.01 Å². The SMILES string of the molecule is Cc1coc(NS(=O)(=O)c2cc(C(=O)O)cc(C)c2C)n1. The van der Waals surface area contributed by atoms with E-state index in [2.05, 4.69) is 9.71 Å². The molecule has 7 nitrogen and oxygen atoms in total. The highest BCUT2D eigenvalue weighted by molar-refractivity contribution is 7.92. The fourth-order valence-corrected chi connectivity index (χ4v) is 3.08. The quantitative estimate of drug-likeness (QED) is 0.895. The van der Waals surface area contributed by atoms with E-state index in [1.54, 1.807) is 20.8 Å². The van der Waals surface area contributed by atoms with Crippen LogP contribution in [-0.4, -0.2) is 24.5 Å². The minimum Gasteiger partial charge on any atom is -0.478 e. The molecule has 0 saturated carbocycles. The number of rotatable bonds is 4. The van der Waals surface area contributed by atoms with Gasteiger partial charge in [-0.15, -0.1) is 0 Å². The Hall–Kier alpha value is -2.35. The van der Waals surface area contributed by atoms with Crippen molar-refractivity contribution in [1.82, 2.24) is 4.98 Å². The van der Waals surface area contributed by atoms with E-state index in [0.717, 1.165) is 6.07 Å². The lowest BCUT2D eigenvalue weighted by atomic mass is 10.1. The third-order valence-corrected chi connectivity index (χ3v) is 4.44. The number of nitrogens with zero attached hydrogens (tertiary/aromatic N) is 1. The summed E-state index contributed by atoms with van der Waals surface area (Å²) in [7, 11) is -3.98. The lowest BCUT2D eigenvalue weighted by Gasteiger charge is -2.11. The molecule has 112 valence electrons. The maximum absolute atomic E-state index is 12.4. The van der Waals surface area contributed by atoms with Crippen molar-refractivity contribution in [3.8, 4) is 0 Å². The zero-order chi connectivity index (χ0) is 15.8. The first-order valence-corrected chi connectivity index (χ1v) is 7.48. The predicted molar refractivity (Wildman–Crippen MR) is 74.9 cm³/mol. The number of nitrogens with one attached hydrogen (secondary N) is 1. The van der Waals surface area contributed by atoms with Crippen molar-refractivity contribution in [1.29, 1.82) is 0 Å². The van der Waals surface area contributed by atoms with Crippen molar-refractivity contribution in [2.75, 3.05) is 4.72 Å². The van der Waals surface area contributed by atoms with Crippen LogP contribution in [0.5, 0.6) is 0 Å². The Morgan fingerprint density at radius 1 is 1.29 bits per heavy atom. The minimum absolute atomic E-state index is 0.0953. The van der Waals surface area contributed by atoms with E-state index < -0.39 is 16.0 Å². The Morgan fingerprint density at radius 2 is 1.95 bits per heavy atom. The van der Waals surface area contributed by atoms with Gasteiger partial charge < -0.3 is 9.52 Å². The molecular formula is C13H14N2O5S. The molecule has 1 heterocycles. The summed E-state index contributed by atoms with van der Waals surface area (Å²) in [6, 6.07) is 2.37. The fraction of sp³-hybridized carbons (Fsp3) is 0.231. The number of aromatic carboxylic acids is 1. The average Bonchev–Trinajstić information content (AvgIpc) is 2.76. The summed E-state index contributed by atoms with van der Waals surface area (Å²) in [6.45, 7) is 4.91. The molecule has 2 aromatic rings. The first-order chi connectivity index (χ1) is 9.70. The summed E-state index contributed by atoms with van der Waals surface area (Å²) in [5, 5.41) is 9.04. The normalized spacial score (nSPS) is 11.4. The number of aryl methyl sites for hydroxylation is 2. The van der Waals surface area contributed by atoms with Crippen molar-refractivity contribution >= 4 is 22.0 Å². The van der Waals surface area contributed by atoms with Crippen molar-refractivity contribution < 1.29 is 22.7 Å². The molecule has 0 fully saturated rings. The van der Waals surface area contributed by atoms with Crippen molar-refractivity contribution in [2.24, 2.45) is 0 Å². The zero-order valence-corrected chi connectivity index (χ0v) is 12.5. The number of aromatic nitrogens is 1. The monoisotopic (exact) mass is 310 g/mol. The predicted octanol–water partition coefficient (Wildman–Crippen LogP) is 2.10. The van der Waals surface area contributed by atoms with Gasteiger partial charge >= 0.3 is 12.0 Å². The van der Waals surface area contributed by atoms with Gasteiger partial charge in [0.1, 0.15) is 6.26 Å². The molecule has 0 bridgehead atoms. The summed E-state index contributed by atoms with van der Waals surface area (Å²) in [4.78, 5) is 14.8. The van der Waals surface area contributed by atoms with Crippen molar-refractivity contribution in [3.63, 3.8) is 0 Å². The second-order valence-electron chi connectivity index (χ2n) is 4.62. The molecule has 0 aliphatic carbocycles. The van der Waals surface area contributed by atoms with Gasteiger partial charge in [-0.1, -0.05) is 0 Å². The molecule has 0 spiro atoms. The van der Waals surface area contributed by atoms with E-state index in [1.165, 1.54) is 12.3 Å². The number of anilines is 1. The van der Waals surface area contributed by atoms with Crippen LogP contribution in [0.3, 0.4) is 0 Å². The Balaban J connectivity index is 2.51. The van der Waals surface area contributed by atoms with Crippen LogP contribution in [0.2, 0.25) is 0 Å². The number of sulfonamides is 1. The summed E-state index contributed by atoms with van der Waals surface area (Å²) >= 11 is 0. The van der Waals surface area contributed by atoms with Gasteiger partial charge in [0.05, 0.1) is 16.2 Å². The molecule has 0 radical (unpaired) electrons. The molecule has 0 aliphatic rings. The van der Waals surface area contributed by atoms with Gasteiger partial charge in [-0.05, 0) is 44.0 Å². The zero-order valence-electron chi connectivity index (χ0n) is 11.7. The second kappa shape index (κ2) is 5.21. The molecule has 2 N–H and O–H groups in total. The maximum atomic E-state index is 12.4. The lowest BCUT2D eigenvalue weighted by molar-refractivity contribution is 0.0696. The van der Waals surface area contributed by atoms with E-state index in [-0.39, 0.29) is 16.5 Å². The first-order valence-electron chi connectivity index (χ1n) is 6.00. The highest BCUT2D eigenvalue weighted by atomic mass is 32.2. The van der Waals surface area contributed by atoms with E-state index in [9.17, 15) is 13.2 Å². The molecule has 0 amide bonds. The third kappa shape index (κ3) is 3.05. The molecule has 0 unspecified atom stereocenters. The Kier molecular flexibility index (Phi) is 3.73. The van der Waals surface area contributed by atoms with Gasteiger partial charge in [-0.3, -0.25) is 0 Å². The highest BCUT2D eigenvalue weighted by Crippen LogP contribution is 2.23. The molecule has 8 heteroatoms. The van der Waals surface area contributed by atoms with Gasteiger partial charge in [-0.2, -0.15) is 4.98 Å². The molecule has 0 saturated heterocycles.